The second kappa shape index (κ2) is 10.0. The molecule has 2 N–H and O–H groups in total. The van der Waals surface area contributed by atoms with E-state index in [2.05, 4.69) is 36.3 Å². The lowest BCUT2D eigenvalue weighted by atomic mass is 9.72. The van der Waals surface area contributed by atoms with Crippen LogP contribution in [0.5, 0.6) is 5.88 Å². The number of hydrogen-bond acceptors (Lipinski definition) is 5. The summed E-state index contributed by atoms with van der Waals surface area (Å²) in [4.78, 5) is 10.6. The first-order valence-electron chi connectivity index (χ1n) is 10.8. The van der Waals surface area contributed by atoms with Gasteiger partial charge in [-0.05, 0) is 54.7 Å². The Morgan fingerprint density at radius 3 is 2.53 bits per heavy atom. The highest BCUT2D eigenvalue weighted by Crippen LogP contribution is 2.38. The highest BCUT2D eigenvalue weighted by Gasteiger charge is 2.30. The molecule has 6 heteroatoms. The van der Waals surface area contributed by atoms with Crippen LogP contribution in [-0.4, -0.2) is 33.9 Å². The lowest BCUT2D eigenvalue weighted by Crippen LogP contribution is -2.30. The normalized spacial score (nSPS) is 19.4. The van der Waals surface area contributed by atoms with Crippen LogP contribution in [0.3, 0.4) is 0 Å². The molecule has 0 spiro atoms. The monoisotopic (exact) mass is 411 g/mol. The molecule has 1 aromatic carbocycles. The van der Waals surface area contributed by atoms with Crippen molar-refractivity contribution in [3.8, 4) is 17.1 Å². The number of rotatable bonds is 8. The van der Waals surface area contributed by atoms with Crippen LogP contribution >= 0.6 is 0 Å². The average Bonchev–Trinajstić information content (AvgIpc) is 2.72. The number of ether oxygens (including phenoxy) is 1. The maximum absolute atomic E-state index is 10.6. The number of carboxylic acids is 1. The number of aliphatic carboxylic acids is 1. The van der Waals surface area contributed by atoms with Gasteiger partial charge in [0.05, 0.1) is 12.1 Å². The van der Waals surface area contributed by atoms with Gasteiger partial charge in [0.15, 0.2) is 0 Å². The van der Waals surface area contributed by atoms with E-state index in [1.807, 2.05) is 36.4 Å². The van der Waals surface area contributed by atoms with E-state index in [4.69, 9.17) is 9.84 Å². The van der Waals surface area contributed by atoms with Crippen molar-refractivity contribution in [2.45, 2.75) is 65.5 Å². The van der Waals surface area contributed by atoms with E-state index < -0.39 is 5.97 Å². The van der Waals surface area contributed by atoms with Gasteiger partial charge in [-0.1, -0.05) is 39.0 Å². The predicted molar refractivity (Wildman–Crippen MR) is 117 cm³/mol. The molecule has 0 bridgehead atoms. The summed E-state index contributed by atoms with van der Waals surface area (Å²) in [5.41, 5.74) is 3.23. The summed E-state index contributed by atoms with van der Waals surface area (Å²) in [7, 11) is 0. The summed E-state index contributed by atoms with van der Waals surface area (Å²) >= 11 is 0. The molecule has 1 heterocycles. The molecule has 0 atom stereocenters. The number of benzene rings is 1. The standard InChI is InChI=1S/C24H33N3O3/c1-24(2,3)19-7-9-20(10-8-19)30-22-12-11-21(26-27-22)18-6-4-5-17(15-18)16-25-14-13-23(28)29/h4-6,11-12,15,19-20,25H,7-10,13-14,16H2,1-3H3,(H,28,29)/t19-,20-. The topological polar surface area (TPSA) is 84.3 Å². The lowest BCUT2D eigenvalue weighted by Gasteiger charge is -2.36. The fourth-order valence-electron chi connectivity index (χ4n) is 4.02. The number of hydrogen-bond donors (Lipinski definition) is 2. The van der Waals surface area contributed by atoms with E-state index in [1.165, 1.54) is 12.8 Å². The summed E-state index contributed by atoms with van der Waals surface area (Å²) in [6.45, 7) is 8.04. The van der Waals surface area contributed by atoms with Crippen LogP contribution in [0.2, 0.25) is 0 Å². The van der Waals surface area contributed by atoms with Crippen LogP contribution in [0, 0.1) is 11.3 Å². The molecule has 1 fully saturated rings. The van der Waals surface area contributed by atoms with Crippen LogP contribution in [0.25, 0.3) is 11.3 Å². The molecule has 0 unspecified atom stereocenters. The SMILES string of the molecule is CC(C)(C)[C@H]1CC[C@H](Oc2ccc(-c3cccc(CNCCC(=O)O)c3)nn2)CC1. The van der Waals surface area contributed by atoms with E-state index in [1.54, 1.807) is 0 Å². The molecule has 1 aliphatic rings. The van der Waals surface area contributed by atoms with Gasteiger partial charge >= 0.3 is 5.97 Å². The first-order chi connectivity index (χ1) is 14.3. The number of carboxylic acid groups (broad SMARTS) is 1. The Bertz CT molecular complexity index is 822. The highest BCUT2D eigenvalue weighted by atomic mass is 16.5. The molecule has 3 rings (SSSR count). The average molecular weight is 412 g/mol. The van der Waals surface area contributed by atoms with Gasteiger partial charge in [0, 0.05) is 24.7 Å². The zero-order chi connectivity index (χ0) is 21.6. The van der Waals surface area contributed by atoms with Crippen molar-refractivity contribution in [1.29, 1.82) is 0 Å². The van der Waals surface area contributed by atoms with Crippen LogP contribution in [0.1, 0.15) is 58.4 Å². The number of carbonyl (C=O) groups is 1. The Hall–Kier alpha value is -2.47. The first-order valence-corrected chi connectivity index (χ1v) is 10.8. The number of aromatic nitrogens is 2. The fraction of sp³-hybridized carbons (Fsp3) is 0.542. The number of nitrogens with zero attached hydrogens (tertiary/aromatic N) is 2. The van der Waals surface area contributed by atoms with Crippen LogP contribution < -0.4 is 10.1 Å². The molecule has 0 amide bonds. The maximum Gasteiger partial charge on any atom is 0.304 e. The molecular weight excluding hydrogens is 378 g/mol. The van der Waals surface area contributed by atoms with Crippen molar-refractivity contribution in [2.24, 2.45) is 11.3 Å². The Kier molecular flexibility index (Phi) is 7.43. The third kappa shape index (κ3) is 6.52. The molecule has 30 heavy (non-hydrogen) atoms. The van der Waals surface area contributed by atoms with E-state index >= 15 is 0 Å². The molecule has 1 saturated carbocycles. The summed E-state index contributed by atoms with van der Waals surface area (Å²) in [6, 6.07) is 11.9. The van der Waals surface area contributed by atoms with Gasteiger partial charge in [-0.2, -0.15) is 0 Å². The zero-order valence-corrected chi connectivity index (χ0v) is 18.2. The quantitative estimate of drug-likeness (QED) is 0.613. The summed E-state index contributed by atoms with van der Waals surface area (Å²) in [6.07, 6.45) is 4.89. The zero-order valence-electron chi connectivity index (χ0n) is 18.2. The van der Waals surface area contributed by atoms with Crippen molar-refractivity contribution >= 4 is 5.97 Å². The molecule has 0 saturated heterocycles. The minimum Gasteiger partial charge on any atom is -0.481 e. The molecule has 162 valence electrons. The van der Waals surface area contributed by atoms with Gasteiger partial charge < -0.3 is 15.2 Å². The van der Waals surface area contributed by atoms with Crippen molar-refractivity contribution in [2.75, 3.05) is 6.54 Å². The van der Waals surface area contributed by atoms with Crippen molar-refractivity contribution in [3.05, 3.63) is 42.0 Å². The van der Waals surface area contributed by atoms with Crippen molar-refractivity contribution < 1.29 is 14.6 Å². The van der Waals surface area contributed by atoms with Crippen LogP contribution in [0.15, 0.2) is 36.4 Å². The van der Waals surface area contributed by atoms with Crippen molar-refractivity contribution in [1.82, 2.24) is 15.5 Å². The molecule has 1 aromatic heterocycles. The van der Waals surface area contributed by atoms with Gasteiger partial charge in [0.1, 0.15) is 6.10 Å². The summed E-state index contributed by atoms with van der Waals surface area (Å²) in [5.74, 6) is 0.553. The molecular formula is C24H33N3O3. The van der Waals surface area contributed by atoms with Crippen molar-refractivity contribution in [3.63, 3.8) is 0 Å². The second-order valence-electron chi connectivity index (χ2n) is 9.24. The molecule has 0 radical (unpaired) electrons. The maximum atomic E-state index is 10.6. The fourth-order valence-corrected chi connectivity index (χ4v) is 4.02. The molecule has 0 aliphatic heterocycles. The van der Waals surface area contributed by atoms with E-state index in [9.17, 15) is 4.79 Å². The van der Waals surface area contributed by atoms with Gasteiger partial charge in [-0.25, -0.2) is 0 Å². The minimum absolute atomic E-state index is 0.116. The molecule has 2 aromatic rings. The number of nitrogens with one attached hydrogen (secondary N) is 1. The third-order valence-electron chi connectivity index (χ3n) is 5.89. The van der Waals surface area contributed by atoms with Crippen LogP contribution in [0.4, 0.5) is 0 Å². The van der Waals surface area contributed by atoms with E-state index in [-0.39, 0.29) is 12.5 Å². The van der Waals surface area contributed by atoms with Gasteiger partial charge in [-0.3, -0.25) is 4.79 Å². The minimum atomic E-state index is -0.795. The third-order valence-corrected chi connectivity index (χ3v) is 5.89. The Morgan fingerprint density at radius 2 is 1.90 bits per heavy atom. The summed E-state index contributed by atoms with van der Waals surface area (Å²) < 4.78 is 6.08. The van der Waals surface area contributed by atoms with Crippen LogP contribution in [-0.2, 0) is 11.3 Å². The Balaban J connectivity index is 1.53. The Labute approximate surface area is 179 Å². The second-order valence-corrected chi connectivity index (χ2v) is 9.24. The van der Waals surface area contributed by atoms with Gasteiger partial charge in [0.25, 0.3) is 0 Å². The largest absolute Gasteiger partial charge is 0.481 e. The lowest BCUT2D eigenvalue weighted by molar-refractivity contribution is -0.136. The van der Waals surface area contributed by atoms with E-state index in [0.717, 1.165) is 35.6 Å². The van der Waals surface area contributed by atoms with Gasteiger partial charge in [0.2, 0.25) is 5.88 Å². The molecule has 1 aliphatic carbocycles. The smallest absolute Gasteiger partial charge is 0.304 e. The summed E-state index contributed by atoms with van der Waals surface area (Å²) in [5, 5.41) is 20.5. The molecule has 6 nitrogen and oxygen atoms in total. The van der Waals surface area contributed by atoms with Gasteiger partial charge in [-0.15, -0.1) is 10.2 Å². The first kappa shape index (κ1) is 22.2. The highest BCUT2D eigenvalue weighted by molar-refractivity contribution is 5.66. The van der Waals surface area contributed by atoms with E-state index in [0.29, 0.717) is 24.4 Å². The predicted octanol–water partition coefficient (Wildman–Crippen LogP) is 4.69. The Morgan fingerprint density at radius 1 is 1.13 bits per heavy atom.